The van der Waals surface area contributed by atoms with Gasteiger partial charge in [-0.3, -0.25) is 4.90 Å². The highest BCUT2D eigenvalue weighted by Gasteiger charge is 2.24. The molecule has 1 aliphatic rings. The summed E-state index contributed by atoms with van der Waals surface area (Å²) < 4.78 is 13.8. The van der Waals surface area contributed by atoms with Crippen molar-refractivity contribution in [1.82, 2.24) is 10.2 Å². The molecule has 1 heterocycles. The molecule has 0 aliphatic carbocycles. The molecule has 2 nitrogen and oxygen atoms in total. The average molecular weight is 424 g/mol. The molecule has 0 aromatic heterocycles. The first-order valence-corrected chi connectivity index (χ1v) is 9.00. The van der Waals surface area contributed by atoms with E-state index in [2.05, 4.69) is 16.3 Å². The van der Waals surface area contributed by atoms with E-state index >= 15 is 0 Å². The van der Waals surface area contributed by atoms with E-state index in [1.54, 1.807) is 11.8 Å². The number of nitrogens with zero attached hydrogens (tertiary/aromatic N) is 1. The zero-order valence-corrected chi connectivity index (χ0v) is 16.9. The summed E-state index contributed by atoms with van der Waals surface area (Å²) in [4.78, 5) is 4.45. The summed E-state index contributed by atoms with van der Waals surface area (Å²) in [5.74, 6) is 0. The van der Waals surface area contributed by atoms with Crippen LogP contribution in [0.1, 0.15) is 11.6 Å². The number of nitrogens with one attached hydrogen (secondary N) is 1. The Kier molecular flexibility index (Phi) is 10.2. The van der Waals surface area contributed by atoms with Gasteiger partial charge in [-0.15, -0.1) is 24.8 Å². The molecule has 0 unspecified atom stereocenters. The molecular formula is C18H22Cl3FN2S. The van der Waals surface area contributed by atoms with Crippen molar-refractivity contribution in [2.75, 3.05) is 32.9 Å². The average Bonchev–Trinajstić information content (AvgIpc) is 2.60. The van der Waals surface area contributed by atoms with Crippen LogP contribution in [0.4, 0.5) is 4.39 Å². The molecule has 138 valence electrons. The quantitative estimate of drug-likeness (QED) is 0.707. The standard InChI is InChI=1S/C18H20ClFN2S.2ClH/c19-14-5-7-15(8-6-14)23-18-4-2-1-3-16(18)17(13-20)22-11-9-21-10-12-22;;/h1-8,17,21H,9-13H2;2*1H/t17-;;/m1../s1. The molecule has 0 spiro atoms. The highest BCUT2D eigenvalue weighted by Crippen LogP contribution is 2.36. The molecule has 2 aromatic carbocycles. The SMILES string of the molecule is Cl.Cl.FC[C@H](c1ccccc1Sc1ccc(Cl)cc1)N1CCNCC1. The van der Waals surface area contributed by atoms with Crippen molar-refractivity contribution < 1.29 is 4.39 Å². The summed E-state index contributed by atoms with van der Waals surface area (Å²) in [5, 5.41) is 4.05. The molecule has 1 fully saturated rings. The summed E-state index contributed by atoms with van der Waals surface area (Å²) in [5.41, 5.74) is 1.07. The molecule has 2 aromatic rings. The second-order valence-electron chi connectivity index (χ2n) is 5.55. The van der Waals surface area contributed by atoms with Crippen LogP contribution in [0, 0.1) is 0 Å². The first-order chi connectivity index (χ1) is 11.3. The Morgan fingerprint density at radius 2 is 1.68 bits per heavy atom. The van der Waals surface area contributed by atoms with Gasteiger partial charge >= 0.3 is 0 Å². The number of alkyl halides is 1. The van der Waals surface area contributed by atoms with E-state index in [4.69, 9.17) is 11.6 Å². The molecule has 1 atom stereocenters. The van der Waals surface area contributed by atoms with Gasteiger partial charge in [0.05, 0.1) is 6.04 Å². The lowest BCUT2D eigenvalue weighted by Gasteiger charge is -2.34. The van der Waals surface area contributed by atoms with E-state index in [1.165, 1.54) is 0 Å². The van der Waals surface area contributed by atoms with Crippen molar-refractivity contribution in [3.63, 3.8) is 0 Å². The fourth-order valence-electron chi connectivity index (χ4n) is 2.85. The third-order valence-electron chi connectivity index (χ3n) is 4.06. The molecule has 1 aliphatic heterocycles. The Morgan fingerprint density at radius 1 is 1.04 bits per heavy atom. The van der Waals surface area contributed by atoms with Crippen LogP contribution >= 0.6 is 48.2 Å². The highest BCUT2D eigenvalue weighted by molar-refractivity contribution is 7.99. The van der Waals surface area contributed by atoms with Crippen molar-refractivity contribution in [1.29, 1.82) is 0 Å². The van der Waals surface area contributed by atoms with Gasteiger partial charge < -0.3 is 5.32 Å². The number of benzene rings is 2. The van der Waals surface area contributed by atoms with Crippen LogP contribution in [0.2, 0.25) is 5.02 Å². The molecule has 0 radical (unpaired) electrons. The number of rotatable bonds is 5. The van der Waals surface area contributed by atoms with Crippen LogP contribution in [0.3, 0.4) is 0 Å². The molecular weight excluding hydrogens is 402 g/mol. The molecule has 0 saturated carbocycles. The molecule has 0 amide bonds. The summed E-state index contributed by atoms with van der Waals surface area (Å²) in [6.45, 7) is 3.24. The largest absolute Gasteiger partial charge is 0.314 e. The minimum atomic E-state index is -0.363. The second-order valence-corrected chi connectivity index (χ2v) is 7.10. The van der Waals surface area contributed by atoms with Crippen LogP contribution in [-0.2, 0) is 0 Å². The van der Waals surface area contributed by atoms with Gasteiger partial charge in [-0.2, -0.15) is 0 Å². The second kappa shape index (κ2) is 11.3. The lowest BCUT2D eigenvalue weighted by Crippen LogP contribution is -2.45. The van der Waals surface area contributed by atoms with Gasteiger partial charge in [-0.1, -0.05) is 41.6 Å². The topological polar surface area (TPSA) is 15.3 Å². The number of halogens is 4. The molecule has 3 rings (SSSR count). The lowest BCUT2D eigenvalue weighted by molar-refractivity contribution is 0.146. The van der Waals surface area contributed by atoms with Gasteiger partial charge in [-0.25, -0.2) is 4.39 Å². The first-order valence-electron chi connectivity index (χ1n) is 7.81. The van der Waals surface area contributed by atoms with Crippen molar-refractivity contribution >= 4 is 48.2 Å². The smallest absolute Gasteiger partial charge is 0.109 e. The van der Waals surface area contributed by atoms with E-state index in [0.29, 0.717) is 0 Å². The van der Waals surface area contributed by atoms with Gasteiger partial charge in [0.1, 0.15) is 6.67 Å². The molecule has 1 saturated heterocycles. The maximum Gasteiger partial charge on any atom is 0.109 e. The van der Waals surface area contributed by atoms with Crippen LogP contribution in [0.5, 0.6) is 0 Å². The number of hydrogen-bond donors (Lipinski definition) is 1. The van der Waals surface area contributed by atoms with Crippen molar-refractivity contribution in [2.45, 2.75) is 15.8 Å². The van der Waals surface area contributed by atoms with Crippen molar-refractivity contribution in [3.05, 3.63) is 59.1 Å². The third-order valence-corrected chi connectivity index (χ3v) is 5.41. The van der Waals surface area contributed by atoms with Crippen LogP contribution in [0.15, 0.2) is 58.3 Å². The zero-order chi connectivity index (χ0) is 16.1. The maximum atomic E-state index is 13.8. The molecule has 0 bridgehead atoms. The summed E-state index contributed by atoms with van der Waals surface area (Å²) in [6.07, 6.45) is 0. The fourth-order valence-corrected chi connectivity index (χ4v) is 3.97. The molecule has 7 heteroatoms. The summed E-state index contributed by atoms with van der Waals surface area (Å²) >= 11 is 7.61. The Morgan fingerprint density at radius 3 is 2.32 bits per heavy atom. The fraction of sp³-hybridized carbons (Fsp3) is 0.333. The molecule has 25 heavy (non-hydrogen) atoms. The van der Waals surface area contributed by atoms with Crippen LogP contribution in [-0.4, -0.2) is 37.8 Å². The summed E-state index contributed by atoms with van der Waals surface area (Å²) in [7, 11) is 0. The first kappa shape index (κ1) is 22.6. The lowest BCUT2D eigenvalue weighted by atomic mass is 10.1. The van der Waals surface area contributed by atoms with Gasteiger partial charge in [0, 0.05) is 41.0 Å². The van der Waals surface area contributed by atoms with E-state index in [1.807, 2.05) is 42.5 Å². The predicted octanol–water partition coefficient (Wildman–Crippen LogP) is 5.25. The van der Waals surface area contributed by atoms with Gasteiger partial charge in [0.25, 0.3) is 0 Å². The molecule has 1 N–H and O–H groups in total. The van der Waals surface area contributed by atoms with Crippen molar-refractivity contribution in [2.24, 2.45) is 0 Å². The van der Waals surface area contributed by atoms with Crippen molar-refractivity contribution in [3.8, 4) is 0 Å². The zero-order valence-electron chi connectivity index (χ0n) is 13.7. The van der Waals surface area contributed by atoms with E-state index < -0.39 is 0 Å². The minimum absolute atomic E-state index is 0. The minimum Gasteiger partial charge on any atom is -0.314 e. The monoisotopic (exact) mass is 422 g/mol. The van der Waals surface area contributed by atoms with Crippen LogP contribution < -0.4 is 5.32 Å². The van der Waals surface area contributed by atoms with Gasteiger partial charge in [0.2, 0.25) is 0 Å². The van der Waals surface area contributed by atoms with E-state index in [-0.39, 0.29) is 37.5 Å². The maximum absolute atomic E-state index is 13.8. The predicted molar refractivity (Wildman–Crippen MR) is 110 cm³/mol. The highest BCUT2D eigenvalue weighted by atomic mass is 35.5. The Balaban J connectivity index is 0.00000156. The van der Waals surface area contributed by atoms with Gasteiger partial charge in [0.15, 0.2) is 0 Å². The Labute approximate surface area is 170 Å². The Hall–Kier alpha value is -0.490. The van der Waals surface area contributed by atoms with Gasteiger partial charge in [-0.05, 0) is 35.9 Å². The number of hydrogen-bond acceptors (Lipinski definition) is 3. The Bertz CT molecular complexity index is 636. The number of piperazine rings is 1. The van der Waals surface area contributed by atoms with Crippen LogP contribution in [0.25, 0.3) is 0 Å². The third kappa shape index (κ3) is 6.02. The summed E-state index contributed by atoms with van der Waals surface area (Å²) in [6, 6.07) is 15.7. The normalized spacial score (nSPS) is 15.8. The van der Waals surface area contributed by atoms with E-state index in [9.17, 15) is 4.39 Å². The van der Waals surface area contributed by atoms with E-state index in [0.717, 1.165) is 46.6 Å².